The van der Waals surface area contributed by atoms with Crippen LogP contribution in [0, 0.1) is 5.82 Å². The molecule has 32 heavy (non-hydrogen) atoms. The summed E-state index contributed by atoms with van der Waals surface area (Å²) in [4.78, 5) is 26.7. The number of carbonyl (C=O) groups is 1. The number of rotatable bonds is 3. The van der Waals surface area contributed by atoms with E-state index in [2.05, 4.69) is 9.88 Å². The van der Waals surface area contributed by atoms with Crippen molar-refractivity contribution < 1.29 is 9.18 Å². The van der Waals surface area contributed by atoms with Crippen molar-refractivity contribution in [3.05, 3.63) is 90.5 Å². The second kappa shape index (κ2) is 8.75. The number of anilines is 1. The first-order valence-electron chi connectivity index (χ1n) is 10.8. The van der Waals surface area contributed by atoms with Gasteiger partial charge in [0.1, 0.15) is 5.82 Å². The third-order valence-electron chi connectivity index (χ3n) is 5.88. The van der Waals surface area contributed by atoms with Crippen LogP contribution in [-0.4, -0.2) is 47.0 Å². The van der Waals surface area contributed by atoms with Gasteiger partial charge in [0.05, 0.1) is 16.8 Å². The Bertz CT molecular complexity index is 1240. The highest BCUT2D eigenvalue weighted by Gasteiger charge is 2.23. The number of aromatic nitrogens is 2. The van der Waals surface area contributed by atoms with Crippen molar-refractivity contribution >= 4 is 22.5 Å². The van der Waals surface area contributed by atoms with E-state index in [1.807, 2.05) is 47.4 Å². The molecule has 2 aromatic carbocycles. The average molecular weight is 426 g/mol. The maximum absolute atomic E-state index is 13.7. The number of halogens is 1. The maximum atomic E-state index is 13.7. The average Bonchev–Trinajstić information content (AvgIpc) is 3.10. The monoisotopic (exact) mass is 426 g/mol. The van der Waals surface area contributed by atoms with E-state index in [9.17, 15) is 9.18 Å². The summed E-state index contributed by atoms with van der Waals surface area (Å²) in [6.07, 6.45) is 4.33. The van der Waals surface area contributed by atoms with Crippen molar-refractivity contribution in [1.82, 2.24) is 14.9 Å². The van der Waals surface area contributed by atoms with Crippen LogP contribution in [0.2, 0.25) is 0 Å². The van der Waals surface area contributed by atoms with Crippen molar-refractivity contribution in [3.8, 4) is 11.3 Å². The second-order valence-corrected chi connectivity index (χ2v) is 7.92. The minimum Gasteiger partial charge on any atom is -0.370 e. The molecule has 0 aliphatic carbocycles. The fourth-order valence-electron chi connectivity index (χ4n) is 4.22. The zero-order valence-corrected chi connectivity index (χ0v) is 17.6. The molecular formula is C26H23FN4O. The second-order valence-electron chi connectivity index (χ2n) is 7.92. The highest BCUT2D eigenvalue weighted by Crippen LogP contribution is 2.26. The molecule has 0 spiro atoms. The van der Waals surface area contributed by atoms with Crippen LogP contribution >= 0.6 is 0 Å². The molecule has 5 rings (SSSR count). The molecule has 1 aliphatic rings. The van der Waals surface area contributed by atoms with Crippen molar-refractivity contribution in [2.45, 2.75) is 6.42 Å². The van der Waals surface area contributed by atoms with Gasteiger partial charge in [-0.25, -0.2) is 9.37 Å². The predicted octanol–water partition coefficient (Wildman–Crippen LogP) is 4.79. The molecule has 0 unspecified atom stereocenters. The largest absolute Gasteiger partial charge is 0.370 e. The normalized spacial score (nSPS) is 14.4. The lowest BCUT2D eigenvalue weighted by Crippen LogP contribution is -2.35. The third kappa shape index (κ3) is 4.04. The number of hydrogen-bond donors (Lipinski definition) is 0. The summed E-state index contributed by atoms with van der Waals surface area (Å²) in [5, 5.41) is 0.852. The first-order chi connectivity index (χ1) is 15.7. The van der Waals surface area contributed by atoms with E-state index < -0.39 is 0 Å². The highest BCUT2D eigenvalue weighted by molar-refractivity contribution is 6.07. The standard InChI is InChI=1S/C26H23FN4O/c27-20-8-10-21(11-9-20)30-13-4-14-31(16-15-30)26(32)23-17-25(19-5-3-12-28-18-19)29-24-7-2-1-6-22(23)24/h1-3,5-12,17-18H,4,13-16H2. The Morgan fingerprint density at radius 3 is 2.56 bits per heavy atom. The molecule has 160 valence electrons. The fraction of sp³-hybridized carbons (Fsp3) is 0.192. The summed E-state index contributed by atoms with van der Waals surface area (Å²) in [5.41, 5.74) is 4.05. The van der Waals surface area contributed by atoms with Crippen LogP contribution in [0.15, 0.2) is 79.1 Å². The van der Waals surface area contributed by atoms with Crippen LogP contribution in [0.4, 0.5) is 10.1 Å². The van der Waals surface area contributed by atoms with Crippen molar-refractivity contribution in [1.29, 1.82) is 0 Å². The van der Waals surface area contributed by atoms with Crippen LogP contribution in [-0.2, 0) is 0 Å². The SMILES string of the molecule is O=C(c1cc(-c2cccnc2)nc2ccccc12)N1CCCN(c2ccc(F)cc2)CC1. The maximum Gasteiger partial charge on any atom is 0.254 e. The van der Waals surface area contributed by atoms with Crippen molar-refractivity contribution in [2.75, 3.05) is 31.1 Å². The van der Waals surface area contributed by atoms with Crippen LogP contribution in [0.25, 0.3) is 22.2 Å². The lowest BCUT2D eigenvalue weighted by Gasteiger charge is -2.24. The first-order valence-corrected chi connectivity index (χ1v) is 10.8. The van der Waals surface area contributed by atoms with Gasteiger partial charge in [0, 0.05) is 55.2 Å². The number of nitrogens with zero attached hydrogens (tertiary/aromatic N) is 4. The van der Waals surface area contributed by atoms with Gasteiger partial charge in [-0.3, -0.25) is 9.78 Å². The number of pyridine rings is 2. The molecule has 1 aliphatic heterocycles. The van der Waals surface area contributed by atoms with E-state index in [1.165, 1.54) is 12.1 Å². The number of carbonyl (C=O) groups excluding carboxylic acids is 1. The molecule has 2 aromatic heterocycles. The minimum absolute atomic E-state index is 0.00898. The summed E-state index contributed by atoms with van der Waals surface area (Å²) in [5.74, 6) is -0.232. The molecular weight excluding hydrogens is 403 g/mol. The number of benzene rings is 2. The smallest absolute Gasteiger partial charge is 0.254 e. The van der Waals surface area contributed by atoms with Crippen molar-refractivity contribution in [2.24, 2.45) is 0 Å². The molecule has 4 aromatic rings. The Labute approximate surface area is 186 Å². The molecule has 6 heteroatoms. The van der Waals surface area contributed by atoms with Gasteiger partial charge in [-0.2, -0.15) is 0 Å². The van der Waals surface area contributed by atoms with Crippen LogP contribution in [0.5, 0.6) is 0 Å². The van der Waals surface area contributed by atoms with Crippen LogP contribution in [0.3, 0.4) is 0 Å². The predicted molar refractivity (Wildman–Crippen MR) is 124 cm³/mol. The molecule has 1 amide bonds. The lowest BCUT2D eigenvalue weighted by molar-refractivity contribution is 0.0769. The van der Waals surface area contributed by atoms with Gasteiger partial charge in [-0.05, 0) is 55.0 Å². The zero-order chi connectivity index (χ0) is 21.9. The molecule has 5 nitrogen and oxygen atoms in total. The Hall–Kier alpha value is -3.80. The molecule has 0 radical (unpaired) electrons. The van der Waals surface area contributed by atoms with E-state index in [1.54, 1.807) is 24.5 Å². The summed E-state index contributed by atoms with van der Waals surface area (Å²) < 4.78 is 13.3. The first kappa shape index (κ1) is 20.1. The minimum atomic E-state index is -0.241. The summed E-state index contributed by atoms with van der Waals surface area (Å²) >= 11 is 0. The molecule has 1 saturated heterocycles. The van der Waals surface area contributed by atoms with Gasteiger partial charge >= 0.3 is 0 Å². The topological polar surface area (TPSA) is 49.3 Å². The molecule has 0 N–H and O–H groups in total. The van der Waals surface area contributed by atoms with E-state index in [-0.39, 0.29) is 11.7 Å². The van der Waals surface area contributed by atoms with Crippen LogP contribution < -0.4 is 4.90 Å². The Morgan fingerprint density at radius 1 is 0.906 bits per heavy atom. The van der Waals surface area contributed by atoms with E-state index >= 15 is 0 Å². The number of hydrogen-bond acceptors (Lipinski definition) is 4. The number of amides is 1. The molecule has 0 bridgehead atoms. The number of para-hydroxylation sites is 1. The van der Waals surface area contributed by atoms with Crippen LogP contribution in [0.1, 0.15) is 16.8 Å². The van der Waals surface area contributed by atoms with Crippen molar-refractivity contribution in [3.63, 3.8) is 0 Å². The van der Waals surface area contributed by atoms with E-state index in [0.29, 0.717) is 25.2 Å². The highest BCUT2D eigenvalue weighted by atomic mass is 19.1. The zero-order valence-electron chi connectivity index (χ0n) is 17.6. The Kier molecular flexibility index (Phi) is 5.50. The number of fused-ring (bicyclic) bond motifs is 1. The van der Waals surface area contributed by atoms with Gasteiger partial charge in [0.15, 0.2) is 0 Å². The van der Waals surface area contributed by atoms with Gasteiger partial charge in [-0.15, -0.1) is 0 Å². The Balaban J connectivity index is 1.45. The molecule has 0 saturated carbocycles. The van der Waals surface area contributed by atoms with Gasteiger partial charge in [0.25, 0.3) is 5.91 Å². The Morgan fingerprint density at radius 2 is 1.75 bits per heavy atom. The van der Waals surface area contributed by atoms with Gasteiger partial charge < -0.3 is 9.80 Å². The molecule has 3 heterocycles. The summed E-state index contributed by atoms with van der Waals surface area (Å²) in [6, 6.07) is 20.0. The molecule has 0 atom stereocenters. The lowest BCUT2D eigenvalue weighted by atomic mass is 10.0. The summed E-state index contributed by atoms with van der Waals surface area (Å²) in [6.45, 7) is 2.81. The van der Waals surface area contributed by atoms with E-state index in [0.717, 1.165) is 40.8 Å². The quantitative estimate of drug-likeness (QED) is 0.473. The third-order valence-corrected chi connectivity index (χ3v) is 5.88. The van der Waals surface area contributed by atoms with Gasteiger partial charge in [0.2, 0.25) is 0 Å². The molecule has 1 fully saturated rings. The fourth-order valence-corrected chi connectivity index (χ4v) is 4.22. The van der Waals surface area contributed by atoms with E-state index in [4.69, 9.17) is 4.98 Å². The summed E-state index contributed by atoms with van der Waals surface area (Å²) in [7, 11) is 0. The van der Waals surface area contributed by atoms with Gasteiger partial charge in [-0.1, -0.05) is 18.2 Å².